The minimum atomic E-state index is -3.75. The maximum atomic E-state index is 13.0. The summed E-state index contributed by atoms with van der Waals surface area (Å²) in [6.07, 6.45) is 1.64. The van der Waals surface area contributed by atoms with Crippen molar-refractivity contribution in [3.05, 3.63) is 77.8 Å². The van der Waals surface area contributed by atoms with Gasteiger partial charge in [0.15, 0.2) is 6.61 Å². The highest BCUT2D eigenvalue weighted by Crippen LogP contribution is 2.34. The molecule has 0 spiro atoms. The lowest BCUT2D eigenvalue weighted by atomic mass is 10.3. The Hall–Kier alpha value is -2.52. The van der Waals surface area contributed by atoms with Crippen LogP contribution in [0.3, 0.4) is 0 Å². The molecule has 3 aromatic rings. The number of carbonyl (C=O) groups excluding carboxylic acids is 1. The molecule has 9 heteroatoms. The fourth-order valence-corrected chi connectivity index (χ4v) is 6.31. The summed E-state index contributed by atoms with van der Waals surface area (Å²) in [5, 5.41) is 3.14. The Morgan fingerprint density at radius 2 is 1.70 bits per heavy atom. The van der Waals surface area contributed by atoms with E-state index in [4.69, 9.17) is 16.3 Å². The molecule has 1 amide bonds. The van der Waals surface area contributed by atoms with Crippen LogP contribution in [0, 0.1) is 0 Å². The van der Waals surface area contributed by atoms with Crippen molar-refractivity contribution in [2.24, 2.45) is 0 Å². The van der Waals surface area contributed by atoms with Gasteiger partial charge in [-0.15, -0.1) is 0 Å². The molecule has 0 bridgehead atoms. The highest BCUT2D eigenvalue weighted by atomic mass is 35.5. The first-order chi connectivity index (χ1) is 15.9. The minimum Gasteiger partial charge on any atom is -0.482 e. The predicted octanol–water partition coefficient (Wildman–Crippen LogP) is 5.29. The number of halogens is 1. The van der Waals surface area contributed by atoms with Crippen molar-refractivity contribution in [1.29, 1.82) is 0 Å². The van der Waals surface area contributed by atoms with E-state index in [-0.39, 0.29) is 22.3 Å². The summed E-state index contributed by atoms with van der Waals surface area (Å²) in [6, 6.07) is 21.7. The first-order valence-electron chi connectivity index (χ1n) is 10.5. The molecule has 0 unspecified atom stereocenters. The van der Waals surface area contributed by atoms with Crippen LogP contribution in [-0.4, -0.2) is 38.3 Å². The van der Waals surface area contributed by atoms with Gasteiger partial charge in [0.1, 0.15) is 10.6 Å². The van der Waals surface area contributed by atoms with E-state index in [2.05, 4.69) is 5.32 Å². The van der Waals surface area contributed by atoms with Crippen molar-refractivity contribution in [2.75, 3.05) is 25.0 Å². The van der Waals surface area contributed by atoms with E-state index in [0.717, 1.165) is 22.6 Å². The van der Waals surface area contributed by atoms with Crippen LogP contribution in [0.5, 0.6) is 5.75 Å². The van der Waals surface area contributed by atoms with E-state index in [9.17, 15) is 13.2 Å². The first kappa shape index (κ1) is 23.6. The monoisotopic (exact) mass is 502 g/mol. The van der Waals surface area contributed by atoms with Gasteiger partial charge in [-0.05, 0) is 55.3 Å². The molecule has 172 valence electrons. The number of hydrogen-bond acceptors (Lipinski definition) is 5. The molecule has 1 saturated heterocycles. The maximum absolute atomic E-state index is 13.0. The van der Waals surface area contributed by atoms with Crippen molar-refractivity contribution in [3.63, 3.8) is 0 Å². The Labute approximate surface area is 203 Å². The van der Waals surface area contributed by atoms with Crippen molar-refractivity contribution < 1.29 is 17.9 Å². The van der Waals surface area contributed by atoms with Gasteiger partial charge >= 0.3 is 0 Å². The van der Waals surface area contributed by atoms with Crippen molar-refractivity contribution in [1.82, 2.24) is 4.31 Å². The Morgan fingerprint density at radius 1 is 1.00 bits per heavy atom. The van der Waals surface area contributed by atoms with Crippen LogP contribution in [0.4, 0.5) is 5.69 Å². The normalized spacial score (nSPS) is 14.2. The molecule has 1 heterocycles. The lowest BCUT2D eigenvalue weighted by molar-refractivity contribution is -0.118. The Bertz CT molecular complexity index is 1230. The average molecular weight is 503 g/mol. The molecule has 6 nitrogen and oxygen atoms in total. The molecular formula is C24H23ClN2O4S2. The molecule has 0 aromatic heterocycles. The topological polar surface area (TPSA) is 75.7 Å². The van der Waals surface area contributed by atoms with E-state index in [1.807, 2.05) is 54.6 Å². The molecule has 1 aliphatic heterocycles. The smallest absolute Gasteiger partial charge is 0.262 e. The molecule has 0 radical (unpaired) electrons. The van der Waals surface area contributed by atoms with Crippen LogP contribution in [0.25, 0.3) is 0 Å². The van der Waals surface area contributed by atoms with Gasteiger partial charge in [-0.25, -0.2) is 8.42 Å². The van der Waals surface area contributed by atoms with Gasteiger partial charge in [-0.3, -0.25) is 4.79 Å². The number of carbonyl (C=O) groups is 1. The highest BCUT2D eigenvalue weighted by Gasteiger charge is 2.30. The molecule has 1 fully saturated rings. The Morgan fingerprint density at radius 3 is 2.45 bits per heavy atom. The predicted molar refractivity (Wildman–Crippen MR) is 131 cm³/mol. The number of anilines is 1. The van der Waals surface area contributed by atoms with Crippen LogP contribution < -0.4 is 10.1 Å². The molecule has 0 saturated carbocycles. The third-order valence-electron chi connectivity index (χ3n) is 5.08. The number of rotatable bonds is 8. The number of ether oxygens (including phenoxy) is 1. The minimum absolute atomic E-state index is 0.0234. The maximum Gasteiger partial charge on any atom is 0.262 e. The second-order valence-corrected chi connectivity index (χ2v) is 10.9. The van der Waals surface area contributed by atoms with Gasteiger partial charge in [-0.1, -0.05) is 53.7 Å². The zero-order valence-electron chi connectivity index (χ0n) is 17.7. The third-order valence-corrected chi connectivity index (χ3v) is 8.32. The lowest BCUT2D eigenvalue weighted by Crippen LogP contribution is -2.28. The second-order valence-electron chi connectivity index (χ2n) is 7.45. The molecule has 0 aliphatic carbocycles. The molecule has 3 aromatic carbocycles. The van der Waals surface area contributed by atoms with Gasteiger partial charge in [0, 0.05) is 27.9 Å². The van der Waals surface area contributed by atoms with E-state index in [1.54, 1.807) is 6.07 Å². The number of hydrogen-bond donors (Lipinski definition) is 1. The average Bonchev–Trinajstić information content (AvgIpc) is 3.36. The van der Waals surface area contributed by atoms with E-state index in [0.29, 0.717) is 18.8 Å². The molecule has 1 N–H and O–H groups in total. The highest BCUT2D eigenvalue weighted by molar-refractivity contribution is 7.99. The number of nitrogens with one attached hydrogen (secondary N) is 1. The van der Waals surface area contributed by atoms with Gasteiger partial charge < -0.3 is 10.1 Å². The van der Waals surface area contributed by atoms with Crippen LogP contribution in [-0.2, 0) is 14.8 Å². The first-order valence-corrected chi connectivity index (χ1v) is 13.1. The fraction of sp³-hybridized carbons (Fsp3) is 0.208. The zero-order chi connectivity index (χ0) is 23.3. The largest absolute Gasteiger partial charge is 0.482 e. The summed E-state index contributed by atoms with van der Waals surface area (Å²) >= 11 is 7.60. The van der Waals surface area contributed by atoms with Gasteiger partial charge in [0.05, 0.1) is 5.69 Å². The lowest BCUT2D eigenvalue weighted by Gasteiger charge is -2.18. The summed E-state index contributed by atoms with van der Waals surface area (Å²) < 4.78 is 33.2. The SMILES string of the molecule is O=C(COc1ccc(Cl)cc1S(=O)(=O)N1CCCC1)Nc1ccccc1Sc1ccccc1. The third kappa shape index (κ3) is 5.89. The summed E-state index contributed by atoms with van der Waals surface area (Å²) in [7, 11) is -3.75. The molecular weight excluding hydrogens is 480 g/mol. The molecule has 4 rings (SSSR count). The van der Waals surface area contributed by atoms with E-state index in [1.165, 1.54) is 28.2 Å². The quantitative estimate of drug-likeness (QED) is 0.452. The van der Waals surface area contributed by atoms with Gasteiger partial charge in [-0.2, -0.15) is 4.31 Å². The fourth-order valence-electron chi connectivity index (χ4n) is 3.47. The van der Waals surface area contributed by atoms with E-state index < -0.39 is 15.9 Å². The van der Waals surface area contributed by atoms with Crippen molar-refractivity contribution in [2.45, 2.75) is 27.5 Å². The number of amides is 1. The molecule has 33 heavy (non-hydrogen) atoms. The van der Waals surface area contributed by atoms with Gasteiger partial charge in [0.2, 0.25) is 10.0 Å². The number of nitrogens with zero attached hydrogens (tertiary/aromatic N) is 1. The summed E-state index contributed by atoms with van der Waals surface area (Å²) in [5.74, 6) is -0.288. The van der Waals surface area contributed by atoms with Crippen LogP contribution in [0.2, 0.25) is 5.02 Å². The molecule has 1 aliphatic rings. The van der Waals surface area contributed by atoms with Crippen molar-refractivity contribution in [3.8, 4) is 5.75 Å². The van der Waals surface area contributed by atoms with E-state index >= 15 is 0 Å². The Kier molecular flexibility index (Phi) is 7.60. The summed E-state index contributed by atoms with van der Waals surface area (Å²) in [6.45, 7) is 0.587. The zero-order valence-corrected chi connectivity index (χ0v) is 20.1. The van der Waals surface area contributed by atoms with Crippen LogP contribution in [0.1, 0.15) is 12.8 Å². The number of para-hydroxylation sites is 1. The van der Waals surface area contributed by atoms with Crippen LogP contribution in [0.15, 0.2) is 87.5 Å². The van der Waals surface area contributed by atoms with Crippen LogP contribution >= 0.6 is 23.4 Å². The second kappa shape index (κ2) is 10.6. The summed E-state index contributed by atoms with van der Waals surface area (Å²) in [5.41, 5.74) is 0.654. The summed E-state index contributed by atoms with van der Waals surface area (Å²) in [4.78, 5) is 14.6. The Balaban J connectivity index is 1.46. The number of benzene rings is 3. The standard InChI is InChI=1S/C24H23ClN2O4S2/c25-18-12-13-21(23(16-18)33(29,30)27-14-6-7-15-27)31-17-24(28)26-20-10-4-5-11-22(20)32-19-8-2-1-3-9-19/h1-5,8-13,16H,6-7,14-15,17H2,(H,26,28). The van der Waals surface area contributed by atoms with Crippen molar-refractivity contribution >= 4 is 45.0 Å². The van der Waals surface area contributed by atoms with Gasteiger partial charge in [0.25, 0.3) is 5.91 Å². The molecule has 0 atom stereocenters. The number of sulfonamides is 1.